The van der Waals surface area contributed by atoms with Crippen molar-refractivity contribution in [2.45, 2.75) is 50.8 Å². The average Bonchev–Trinajstić information content (AvgIpc) is 2.39. The molecule has 2 aliphatic rings. The summed E-state index contributed by atoms with van der Waals surface area (Å²) in [6.45, 7) is 5.29. The lowest BCUT2D eigenvalue weighted by atomic mass is 9.60. The summed E-state index contributed by atoms with van der Waals surface area (Å²) in [5.41, 5.74) is 0.174. The summed E-state index contributed by atoms with van der Waals surface area (Å²) in [4.78, 5) is 0.254. The number of fused-ring (bicyclic) bond motifs is 2. The van der Waals surface area contributed by atoms with E-state index in [9.17, 15) is 4.39 Å². The topological polar surface area (TPSA) is 9.23 Å². The maximum atomic E-state index is 13.6. The third kappa shape index (κ3) is 3.56. The first-order valence-corrected chi connectivity index (χ1v) is 8.98. The molecule has 2 saturated carbocycles. The van der Waals surface area contributed by atoms with Crippen LogP contribution in [-0.2, 0) is 0 Å². The first-order chi connectivity index (χ1) is 10.3. The second kappa shape index (κ2) is 6.24. The summed E-state index contributed by atoms with van der Waals surface area (Å²) >= 11 is 10.2. The Bertz CT molecular complexity index is 544. The number of hydrogen-bond acceptors (Lipinski definition) is 2. The zero-order chi connectivity index (χ0) is 15.9. The van der Waals surface area contributed by atoms with E-state index in [1.165, 1.54) is 44.2 Å². The lowest BCUT2D eigenvalue weighted by Gasteiger charge is -2.47. The van der Waals surface area contributed by atoms with Gasteiger partial charge >= 0.3 is 0 Å². The average molecular weight is 343 g/mol. The Kier molecular flexibility index (Phi) is 4.66. The van der Waals surface area contributed by atoms with Crippen LogP contribution in [0.4, 0.5) is 4.39 Å². The number of benzene rings is 1. The van der Waals surface area contributed by atoms with Crippen LogP contribution in [0, 0.1) is 29.0 Å². The van der Waals surface area contributed by atoms with E-state index in [2.05, 4.69) is 26.5 Å². The van der Waals surface area contributed by atoms with Crippen molar-refractivity contribution < 1.29 is 9.13 Å². The molecule has 1 aromatic carbocycles. The second-order valence-electron chi connectivity index (χ2n) is 7.79. The van der Waals surface area contributed by atoms with Crippen molar-refractivity contribution in [2.24, 2.45) is 23.2 Å². The molecule has 0 heterocycles. The lowest BCUT2D eigenvalue weighted by molar-refractivity contribution is 0.0146. The van der Waals surface area contributed by atoms with Crippen LogP contribution in [0.25, 0.3) is 0 Å². The molecule has 0 amide bonds. The van der Waals surface area contributed by atoms with Gasteiger partial charge in [-0.3, -0.25) is 0 Å². The Balaban J connectivity index is 1.67. The molecular formula is C18H24ClFOS. The maximum Gasteiger partial charge on any atom is 0.140 e. The fraction of sp³-hybridized carbons (Fsp3) is 0.667. The normalized spacial score (nSPS) is 34.5. The van der Waals surface area contributed by atoms with E-state index in [0.29, 0.717) is 17.4 Å². The highest BCUT2D eigenvalue weighted by Crippen LogP contribution is 2.50. The van der Waals surface area contributed by atoms with Gasteiger partial charge in [0.25, 0.3) is 0 Å². The van der Waals surface area contributed by atoms with Crippen LogP contribution in [0.5, 0.6) is 5.75 Å². The fourth-order valence-corrected chi connectivity index (χ4v) is 5.20. The molecule has 0 N–H and O–H groups in total. The van der Waals surface area contributed by atoms with Gasteiger partial charge < -0.3 is 4.74 Å². The predicted molar refractivity (Wildman–Crippen MR) is 91.5 cm³/mol. The summed E-state index contributed by atoms with van der Waals surface area (Å²) in [5.74, 6) is 2.55. The van der Waals surface area contributed by atoms with Crippen molar-refractivity contribution in [3.8, 4) is 5.75 Å². The molecule has 2 aliphatic carbocycles. The number of halogens is 2. The largest absolute Gasteiger partial charge is 0.491 e. The minimum Gasteiger partial charge on any atom is -0.491 e. The third-order valence-electron chi connectivity index (χ3n) is 5.28. The molecule has 0 saturated heterocycles. The maximum absolute atomic E-state index is 13.6. The first-order valence-electron chi connectivity index (χ1n) is 8.15. The van der Waals surface area contributed by atoms with Crippen LogP contribution in [0.3, 0.4) is 0 Å². The quantitative estimate of drug-likeness (QED) is 0.663. The predicted octanol–water partition coefficient (Wildman–Crippen LogP) is 6.00. The van der Waals surface area contributed by atoms with Gasteiger partial charge in [0.2, 0.25) is 0 Å². The van der Waals surface area contributed by atoms with E-state index in [4.69, 9.17) is 16.3 Å². The molecule has 22 heavy (non-hydrogen) atoms. The molecule has 0 radical (unpaired) electrons. The molecule has 122 valence electrons. The summed E-state index contributed by atoms with van der Waals surface area (Å²) in [7, 11) is 0. The van der Waals surface area contributed by atoms with Crippen molar-refractivity contribution in [3.05, 3.63) is 23.0 Å². The first kappa shape index (κ1) is 16.4. The van der Waals surface area contributed by atoms with E-state index < -0.39 is 0 Å². The molecule has 2 fully saturated rings. The highest BCUT2D eigenvalue weighted by atomic mass is 35.5. The Hall–Kier alpha value is -0.410. The molecule has 3 rings (SSSR count). The van der Waals surface area contributed by atoms with Gasteiger partial charge in [-0.1, -0.05) is 25.4 Å². The van der Waals surface area contributed by atoms with Crippen molar-refractivity contribution in [3.63, 3.8) is 0 Å². The van der Waals surface area contributed by atoms with E-state index in [-0.39, 0.29) is 16.1 Å². The van der Waals surface area contributed by atoms with Crippen LogP contribution in [0.1, 0.15) is 46.0 Å². The zero-order valence-corrected chi connectivity index (χ0v) is 14.9. The fourth-order valence-electron chi connectivity index (χ4n) is 4.71. The minimum atomic E-state index is -0.387. The molecular weight excluding hydrogens is 319 g/mol. The Labute approximate surface area is 143 Å². The van der Waals surface area contributed by atoms with E-state index in [1.54, 1.807) is 0 Å². The summed E-state index contributed by atoms with van der Waals surface area (Å²) in [6.07, 6.45) is 6.48. The smallest absolute Gasteiger partial charge is 0.140 e. The Morgan fingerprint density at radius 3 is 2.55 bits per heavy atom. The standard InChI is InChI=1S/C18H24ClFOS/c1-11-3-12-5-13(4-11)9-18(2,8-12)10-21-16-7-15(20)17(22)6-14(16)19/h6-7,11-13,22H,3-5,8-10H2,1-2H3/t11-,12+,13-,18?. The highest BCUT2D eigenvalue weighted by molar-refractivity contribution is 7.80. The monoisotopic (exact) mass is 342 g/mol. The van der Waals surface area contributed by atoms with Crippen molar-refractivity contribution in [2.75, 3.05) is 6.61 Å². The van der Waals surface area contributed by atoms with Gasteiger partial charge in [-0.25, -0.2) is 4.39 Å². The molecule has 4 heteroatoms. The minimum absolute atomic E-state index is 0.174. The van der Waals surface area contributed by atoms with E-state index in [0.717, 1.165) is 17.8 Å². The SMILES string of the molecule is C[C@H]1C[C@@H]2C[C@H](C1)CC(C)(COc1cc(F)c(S)cc1Cl)C2. The number of rotatable bonds is 3. The summed E-state index contributed by atoms with van der Waals surface area (Å²) in [6, 6.07) is 2.86. The van der Waals surface area contributed by atoms with Crippen molar-refractivity contribution in [1.29, 1.82) is 0 Å². The molecule has 1 aromatic rings. The van der Waals surface area contributed by atoms with Gasteiger partial charge in [-0.15, -0.1) is 12.6 Å². The van der Waals surface area contributed by atoms with Gasteiger partial charge in [0.05, 0.1) is 11.6 Å². The van der Waals surface area contributed by atoms with Gasteiger partial charge in [0.15, 0.2) is 0 Å². The van der Waals surface area contributed by atoms with Crippen molar-refractivity contribution in [1.82, 2.24) is 0 Å². The van der Waals surface area contributed by atoms with Gasteiger partial charge in [-0.2, -0.15) is 0 Å². The molecule has 4 atom stereocenters. The molecule has 0 aromatic heterocycles. The van der Waals surface area contributed by atoms with E-state index >= 15 is 0 Å². The Morgan fingerprint density at radius 2 is 1.91 bits per heavy atom. The van der Waals surface area contributed by atoms with Crippen molar-refractivity contribution >= 4 is 24.2 Å². The van der Waals surface area contributed by atoms with Crippen LogP contribution in [0.15, 0.2) is 17.0 Å². The van der Waals surface area contributed by atoms with Gasteiger partial charge in [0, 0.05) is 16.4 Å². The summed E-state index contributed by atoms with van der Waals surface area (Å²) < 4.78 is 19.5. The third-order valence-corrected chi connectivity index (χ3v) is 5.92. The zero-order valence-electron chi connectivity index (χ0n) is 13.2. The van der Waals surface area contributed by atoms with Crippen LogP contribution < -0.4 is 4.74 Å². The lowest BCUT2D eigenvalue weighted by Crippen LogP contribution is -2.39. The Morgan fingerprint density at radius 1 is 1.27 bits per heavy atom. The molecule has 1 unspecified atom stereocenters. The van der Waals surface area contributed by atoms with Crippen LogP contribution >= 0.6 is 24.2 Å². The van der Waals surface area contributed by atoms with Crippen LogP contribution in [0.2, 0.25) is 5.02 Å². The van der Waals surface area contributed by atoms with Crippen LogP contribution in [-0.4, -0.2) is 6.61 Å². The molecule has 2 bridgehead atoms. The number of thiol groups is 1. The van der Waals surface area contributed by atoms with E-state index in [1.807, 2.05) is 0 Å². The molecule has 1 nitrogen and oxygen atoms in total. The molecule has 0 aliphatic heterocycles. The second-order valence-corrected chi connectivity index (χ2v) is 8.67. The van der Waals surface area contributed by atoms with Gasteiger partial charge in [0.1, 0.15) is 11.6 Å². The summed E-state index contributed by atoms with van der Waals surface area (Å²) in [5, 5.41) is 0.430. The molecule has 0 spiro atoms. The highest BCUT2D eigenvalue weighted by Gasteiger charge is 2.41. The number of hydrogen-bond donors (Lipinski definition) is 1. The van der Waals surface area contributed by atoms with Gasteiger partial charge in [-0.05, 0) is 55.9 Å². The number of ether oxygens (including phenoxy) is 1.